The lowest BCUT2D eigenvalue weighted by Gasteiger charge is -2.24. The van der Waals surface area contributed by atoms with E-state index in [-0.39, 0.29) is 18.3 Å². The van der Waals surface area contributed by atoms with Gasteiger partial charge < -0.3 is 10.6 Å². The molecule has 0 bridgehead atoms. The maximum atomic E-state index is 12.6. The van der Waals surface area contributed by atoms with Crippen molar-refractivity contribution in [3.63, 3.8) is 0 Å². The van der Waals surface area contributed by atoms with Gasteiger partial charge in [-0.05, 0) is 43.9 Å². The van der Waals surface area contributed by atoms with Gasteiger partial charge in [0.2, 0.25) is 5.91 Å². The van der Waals surface area contributed by atoms with Crippen LogP contribution in [0, 0.1) is 5.92 Å². The molecule has 1 aromatic carbocycles. The quantitative estimate of drug-likeness (QED) is 0.924. The van der Waals surface area contributed by atoms with E-state index in [1.807, 2.05) is 17.0 Å². The first kappa shape index (κ1) is 16.3. The first-order valence-corrected chi connectivity index (χ1v) is 7.51. The average molecular weight is 310 g/mol. The Labute approximate surface area is 132 Å². The number of carbonyl (C=O) groups is 1. The van der Waals surface area contributed by atoms with E-state index in [0.717, 1.165) is 38.2 Å². The summed E-state index contributed by atoms with van der Waals surface area (Å²) in [5, 5.41) is 0. The van der Waals surface area contributed by atoms with E-state index in [4.69, 9.17) is 5.73 Å². The molecular formula is C16H24ClN3O. The highest BCUT2D eigenvalue weighted by Crippen LogP contribution is 2.28. The zero-order valence-electron chi connectivity index (χ0n) is 12.5. The minimum atomic E-state index is 0. The Balaban J connectivity index is 0.00000161. The fourth-order valence-electron chi connectivity index (χ4n) is 3.47. The van der Waals surface area contributed by atoms with Crippen LogP contribution in [-0.4, -0.2) is 43.0 Å². The standard InChI is InChI=1S/C16H23N3O.ClH/c1-12-8-13(9-17)10-18(12)11-16(20)19-7-6-14-4-2-3-5-15(14)19;/h2-5,12-13H,6-11,17H2,1H3;1H. The van der Waals surface area contributed by atoms with Crippen molar-refractivity contribution in [1.82, 2.24) is 4.90 Å². The molecule has 0 saturated carbocycles. The highest BCUT2D eigenvalue weighted by atomic mass is 35.5. The number of para-hydroxylation sites is 1. The summed E-state index contributed by atoms with van der Waals surface area (Å²) >= 11 is 0. The van der Waals surface area contributed by atoms with E-state index >= 15 is 0 Å². The Morgan fingerprint density at radius 1 is 1.38 bits per heavy atom. The molecule has 0 radical (unpaired) electrons. The molecule has 1 saturated heterocycles. The lowest BCUT2D eigenvalue weighted by Crippen LogP contribution is -2.41. The van der Waals surface area contributed by atoms with E-state index in [0.29, 0.717) is 18.5 Å². The van der Waals surface area contributed by atoms with Crippen LogP contribution in [0.3, 0.4) is 0 Å². The summed E-state index contributed by atoms with van der Waals surface area (Å²) in [5.74, 6) is 0.767. The summed E-state index contributed by atoms with van der Waals surface area (Å²) in [7, 11) is 0. The zero-order chi connectivity index (χ0) is 14.1. The fraction of sp³-hybridized carbons (Fsp3) is 0.562. The maximum absolute atomic E-state index is 12.6. The number of hydrogen-bond acceptors (Lipinski definition) is 3. The van der Waals surface area contributed by atoms with Gasteiger partial charge in [0.1, 0.15) is 0 Å². The van der Waals surface area contributed by atoms with E-state index in [1.165, 1.54) is 5.56 Å². The Hall–Kier alpha value is -1.10. The fourth-order valence-corrected chi connectivity index (χ4v) is 3.47. The van der Waals surface area contributed by atoms with Crippen LogP contribution < -0.4 is 10.6 Å². The van der Waals surface area contributed by atoms with E-state index < -0.39 is 0 Å². The number of nitrogens with zero attached hydrogens (tertiary/aromatic N) is 2. The molecule has 21 heavy (non-hydrogen) atoms. The van der Waals surface area contributed by atoms with Crippen LogP contribution in [-0.2, 0) is 11.2 Å². The van der Waals surface area contributed by atoms with Gasteiger partial charge in [-0.25, -0.2) is 0 Å². The number of rotatable bonds is 3. The molecule has 0 aromatic heterocycles. The highest BCUT2D eigenvalue weighted by Gasteiger charge is 2.32. The summed E-state index contributed by atoms with van der Waals surface area (Å²) in [6.45, 7) is 5.22. The molecule has 3 rings (SSSR count). The molecule has 1 aromatic rings. The molecule has 2 atom stereocenters. The number of likely N-dealkylation sites (tertiary alicyclic amines) is 1. The molecule has 2 unspecified atom stereocenters. The van der Waals surface area contributed by atoms with Crippen molar-refractivity contribution in [1.29, 1.82) is 0 Å². The van der Waals surface area contributed by atoms with Crippen LogP contribution in [0.4, 0.5) is 5.69 Å². The predicted octanol–water partition coefficient (Wildman–Crippen LogP) is 1.67. The van der Waals surface area contributed by atoms with Crippen LogP contribution >= 0.6 is 12.4 Å². The van der Waals surface area contributed by atoms with Gasteiger partial charge in [0.05, 0.1) is 6.54 Å². The van der Waals surface area contributed by atoms with E-state index in [1.54, 1.807) is 0 Å². The molecule has 0 spiro atoms. The summed E-state index contributed by atoms with van der Waals surface area (Å²) < 4.78 is 0. The van der Waals surface area contributed by atoms with Crippen molar-refractivity contribution in [3.05, 3.63) is 29.8 Å². The molecule has 1 amide bonds. The minimum absolute atomic E-state index is 0. The summed E-state index contributed by atoms with van der Waals surface area (Å²) in [4.78, 5) is 16.8. The average Bonchev–Trinajstić information content (AvgIpc) is 3.03. The Bertz CT molecular complexity index is 508. The Kier molecular flexibility index (Phi) is 5.25. The summed E-state index contributed by atoms with van der Waals surface area (Å²) in [6, 6.07) is 8.68. The normalized spacial score (nSPS) is 24.8. The third-order valence-corrected chi connectivity index (χ3v) is 4.65. The van der Waals surface area contributed by atoms with Crippen LogP contribution in [0.5, 0.6) is 0 Å². The van der Waals surface area contributed by atoms with Gasteiger partial charge in [-0.1, -0.05) is 18.2 Å². The highest BCUT2D eigenvalue weighted by molar-refractivity contribution is 5.96. The molecule has 116 valence electrons. The molecule has 2 heterocycles. The number of hydrogen-bond donors (Lipinski definition) is 1. The Morgan fingerprint density at radius 2 is 2.14 bits per heavy atom. The third kappa shape index (κ3) is 3.23. The largest absolute Gasteiger partial charge is 0.330 e. The predicted molar refractivity (Wildman–Crippen MR) is 87.9 cm³/mol. The van der Waals surface area contributed by atoms with Crippen LogP contribution in [0.2, 0.25) is 0 Å². The molecule has 2 N–H and O–H groups in total. The van der Waals surface area contributed by atoms with E-state index in [9.17, 15) is 4.79 Å². The number of amides is 1. The lowest BCUT2D eigenvalue weighted by atomic mass is 10.1. The van der Waals surface area contributed by atoms with E-state index in [2.05, 4.69) is 24.0 Å². The van der Waals surface area contributed by atoms with Crippen molar-refractivity contribution in [2.24, 2.45) is 11.7 Å². The second-order valence-electron chi connectivity index (χ2n) is 6.04. The number of carbonyl (C=O) groups excluding carboxylic acids is 1. The minimum Gasteiger partial charge on any atom is -0.330 e. The van der Waals surface area contributed by atoms with Crippen LogP contribution in [0.25, 0.3) is 0 Å². The number of anilines is 1. The van der Waals surface area contributed by atoms with Crippen LogP contribution in [0.1, 0.15) is 18.9 Å². The topological polar surface area (TPSA) is 49.6 Å². The van der Waals surface area contributed by atoms with Gasteiger partial charge in [0.15, 0.2) is 0 Å². The van der Waals surface area contributed by atoms with Gasteiger partial charge >= 0.3 is 0 Å². The van der Waals surface area contributed by atoms with Gasteiger partial charge in [0, 0.05) is 24.8 Å². The van der Waals surface area contributed by atoms with Gasteiger partial charge in [-0.2, -0.15) is 0 Å². The smallest absolute Gasteiger partial charge is 0.241 e. The molecule has 1 fully saturated rings. The van der Waals surface area contributed by atoms with Crippen molar-refractivity contribution in [2.45, 2.75) is 25.8 Å². The third-order valence-electron chi connectivity index (χ3n) is 4.65. The van der Waals surface area contributed by atoms with Crippen molar-refractivity contribution >= 4 is 24.0 Å². The molecular weight excluding hydrogens is 286 g/mol. The second kappa shape index (κ2) is 6.77. The first-order chi connectivity index (χ1) is 9.69. The summed E-state index contributed by atoms with van der Waals surface area (Å²) in [5.41, 5.74) is 8.14. The molecule has 0 aliphatic carbocycles. The lowest BCUT2D eigenvalue weighted by molar-refractivity contribution is -0.119. The Morgan fingerprint density at radius 3 is 2.86 bits per heavy atom. The number of halogens is 1. The van der Waals surface area contributed by atoms with Crippen molar-refractivity contribution in [2.75, 3.05) is 31.1 Å². The van der Waals surface area contributed by atoms with Crippen molar-refractivity contribution in [3.8, 4) is 0 Å². The monoisotopic (exact) mass is 309 g/mol. The number of benzene rings is 1. The van der Waals surface area contributed by atoms with Crippen molar-refractivity contribution < 1.29 is 4.79 Å². The van der Waals surface area contributed by atoms with Gasteiger partial charge in [-0.15, -0.1) is 12.4 Å². The van der Waals surface area contributed by atoms with Crippen LogP contribution in [0.15, 0.2) is 24.3 Å². The first-order valence-electron chi connectivity index (χ1n) is 7.51. The SMILES string of the molecule is CC1CC(CN)CN1CC(=O)N1CCc2ccccc21.Cl. The second-order valence-corrected chi connectivity index (χ2v) is 6.04. The molecule has 4 nitrogen and oxygen atoms in total. The number of fused-ring (bicyclic) bond motifs is 1. The molecule has 2 aliphatic heterocycles. The number of nitrogens with two attached hydrogens (primary N) is 1. The molecule has 5 heteroatoms. The molecule has 2 aliphatic rings. The van der Waals surface area contributed by atoms with Gasteiger partial charge in [0.25, 0.3) is 0 Å². The summed E-state index contributed by atoms with van der Waals surface area (Å²) in [6.07, 6.45) is 2.09. The maximum Gasteiger partial charge on any atom is 0.241 e. The van der Waals surface area contributed by atoms with Gasteiger partial charge in [-0.3, -0.25) is 9.69 Å². The zero-order valence-corrected chi connectivity index (χ0v) is 13.3.